The lowest BCUT2D eigenvalue weighted by molar-refractivity contribution is 0.553. The monoisotopic (exact) mass is 352 g/mol. The Morgan fingerprint density at radius 1 is 0.920 bits per heavy atom. The molecule has 2 aromatic carbocycles. The molecule has 128 valence electrons. The number of nitrogens with one attached hydrogen (secondary N) is 1. The number of pyridine rings is 1. The highest BCUT2D eigenvalue weighted by molar-refractivity contribution is 7.89. The van der Waals surface area contributed by atoms with E-state index in [4.69, 9.17) is 0 Å². The first-order valence-electron chi connectivity index (χ1n) is 8.08. The molecule has 0 bridgehead atoms. The minimum Gasteiger partial charge on any atom is -0.261 e. The third-order valence-electron chi connectivity index (χ3n) is 3.97. The predicted molar refractivity (Wildman–Crippen MR) is 98.6 cm³/mol. The highest BCUT2D eigenvalue weighted by atomic mass is 32.2. The van der Waals surface area contributed by atoms with Crippen LogP contribution in [-0.2, 0) is 16.4 Å². The number of hydrogen-bond acceptors (Lipinski definition) is 3. The van der Waals surface area contributed by atoms with Crippen LogP contribution in [0.5, 0.6) is 0 Å². The molecule has 3 rings (SSSR count). The van der Waals surface area contributed by atoms with E-state index in [1.165, 1.54) is 0 Å². The van der Waals surface area contributed by atoms with Gasteiger partial charge in [-0.1, -0.05) is 54.1 Å². The van der Waals surface area contributed by atoms with E-state index in [0.717, 1.165) is 16.8 Å². The minimum absolute atomic E-state index is 0.264. The van der Waals surface area contributed by atoms with Gasteiger partial charge in [-0.05, 0) is 36.8 Å². The summed E-state index contributed by atoms with van der Waals surface area (Å²) in [6.45, 7) is 1.93. The first-order valence-corrected chi connectivity index (χ1v) is 9.57. The van der Waals surface area contributed by atoms with E-state index >= 15 is 0 Å². The Morgan fingerprint density at radius 2 is 1.60 bits per heavy atom. The predicted octanol–water partition coefficient (Wildman–Crippen LogP) is 3.65. The van der Waals surface area contributed by atoms with Gasteiger partial charge in [-0.3, -0.25) is 4.98 Å². The van der Waals surface area contributed by atoms with Crippen molar-refractivity contribution >= 4 is 10.0 Å². The summed E-state index contributed by atoms with van der Waals surface area (Å²) < 4.78 is 28.4. The highest BCUT2D eigenvalue weighted by Crippen LogP contribution is 2.21. The second kappa shape index (κ2) is 7.59. The summed E-state index contributed by atoms with van der Waals surface area (Å²) in [6, 6.07) is 21.7. The van der Waals surface area contributed by atoms with Crippen LogP contribution < -0.4 is 4.72 Å². The highest BCUT2D eigenvalue weighted by Gasteiger charge is 2.22. The van der Waals surface area contributed by atoms with Crippen LogP contribution in [-0.4, -0.2) is 13.4 Å². The molecule has 0 saturated heterocycles. The Balaban J connectivity index is 1.90. The molecule has 1 atom stereocenters. The van der Waals surface area contributed by atoms with Crippen LogP contribution in [0, 0.1) is 6.92 Å². The molecule has 1 unspecified atom stereocenters. The smallest absolute Gasteiger partial charge is 0.241 e. The molecule has 25 heavy (non-hydrogen) atoms. The van der Waals surface area contributed by atoms with Crippen molar-refractivity contribution in [1.29, 1.82) is 0 Å². The maximum atomic E-state index is 12.8. The largest absolute Gasteiger partial charge is 0.261 e. The molecule has 5 heteroatoms. The number of nitrogens with zero attached hydrogens (tertiary/aromatic N) is 1. The zero-order valence-electron chi connectivity index (χ0n) is 14.0. The van der Waals surface area contributed by atoms with E-state index in [0.29, 0.717) is 6.42 Å². The van der Waals surface area contributed by atoms with Gasteiger partial charge >= 0.3 is 0 Å². The van der Waals surface area contributed by atoms with Gasteiger partial charge in [0, 0.05) is 18.3 Å². The van der Waals surface area contributed by atoms with Crippen molar-refractivity contribution in [3.63, 3.8) is 0 Å². The van der Waals surface area contributed by atoms with Gasteiger partial charge in [0.15, 0.2) is 0 Å². The summed E-state index contributed by atoms with van der Waals surface area (Å²) in [5, 5.41) is 0. The zero-order valence-corrected chi connectivity index (χ0v) is 14.8. The normalized spacial score (nSPS) is 12.7. The van der Waals surface area contributed by atoms with Crippen molar-refractivity contribution in [2.45, 2.75) is 24.3 Å². The van der Waals surface area contributed by atoms with Crippen LogP contribution in [0.15, 0.2) is 83.9 Å². The van der Waals surface area contributed by atoms with Gasteiger partial charge in [0.25, 0.3) is 0 Å². The molecular weight excluding hydrogens is 332 g/mol. The Hall–Kier alpha value is -2.50. The van der Waals surface area contributed by atoms with Gasteiger partial charge in [0.1, 0.15) is 0 Å². The van der Waals surface area contributed by atoms with Gasteiger partial charge in [-0.15, -0.1) is 0 Å². The van der Waals surface area contributed by atoms with Gasteiger partial charge in [0.05, 0.1) is 10.9 Å². The topological polar surface area (TPSA) is 59.1 Å². The van der Waals surface area contributed by atoms with Gasteiger partial charge in [-0.2, -0.15) is 0 Å². The summed E-state index contributed by atoms with van der Waals surface area (Å²) in [6.07, 6.45) is 2.20. The Morgan fingerprint density at radius 3 is 2.24 bits per heavy atom. The van der Waals surface area contributed by atoms with E-state index in [1.807, 2.05) is 55.5 Å². The molecule has 0 spiro atoms. The zero-order chi connectivity index (χ0) is 17.7. The molecule has 4 nitrogen and oxygen atoms in total. The fraction of sp³-hybridized carbons (Fsp3) is 0.150. The lowest BCUT2D eigenvalue weighted by atomic mass is 10.0. The molecule has 3 aromatic rings. The molecule has 0 aliphatic heterocycles. The van der Waals surface area contributed by atoms with Crippen LogP contribution in [0.4, 0.5) is 0 Å². The summed E-state index contributed by atoms with van der Waals surface area (Å²) in [4.78, 5) is 4.59. The van der Waals surface area contributed by atoms with Crippen molar-refractivity contribution in [2.75, 3.05) is 0 Å². The average Bonchev–Trinajstić information content (AvgIpc) is 2.63. The molecule has 0 aliphatic rings. The summed E-state index contributed by atoms with van der Waals surface area (Å²) in [5.41, 5.74) is 2.76. The SMILES string of the molecule is Cc1ccc(S(=O)(=O)NC(Cc2ccccn2)c2ccccc2)cc1. The maximum absolute atomic E-state index is 12.8. The van der Waals surface area contributed by atoms with E-state index < -0.39 is 10.0 Å². The van der Waals surface area contributed by atoms with Crippen molar-refractivity contribution in [3.05, 3.63) is 95.8 Å². The lowest BCUT2D eigenvalue weighted by Gasteiger charge is -2.19. The maximum Gasteiger partial charge on any atom is 0.241 e. The van der Waals surface area contributed by atoms with Gasteiger partial charge in [-0.25, -0.2) is 13.1 Å². The average molecular weight is 352 g/mol. The Bertz CT molecular complexity index is 909. The van der Waals surface area contributed by atoms with Crippen molar-refractivity contribution in [2.24, 2.45) is 0 Å². The quantitative estimate of drug-likeness (QED) is 0.737. The number of benzene rings is 2. The number of aromatic nitrogens is 1. The third kappa shape index (κ3) is 4.53. The van der Waals surface area contributed by atoms with E-state index in [1.54, 1.807) is 30.5 Å². The molecule has 0 radical (unpaired) electrons. The number of sulfonamides is 1. The molecule has 0 amide bonds. The van der Waals surface area contributed by atoms with Crippen molar-refractivity contribution in [3.8, 4) is 0 Å². The minimum atomic E-state index is -3.62. The Kier molecular flexibility index (Phi) is 5.26. The molecule has 1 N–H and O–H groups in total. The molecule has 1 aromatic heterocycles. The molecule has 1 heterocycles. The molecule has 0 aliphatic carbocycles. The number of rotatable bonds is 6. The fourth-order valence-corrected chi connectivity index (χ4v) is 3.84. The first kappa shape index (κ1) is 17.3. The molecular formula is C20H20N2O2S. The van der Waals surface area contributed by atoms with Crippen LogP contribution in [0.25, 0.3) is 0 Å². The van der Waals surface area contributed by atoms with Crippen LogP contribution >= 0.6 is 0 Å². The van der Waals surface area contributed by atoms with Gasteiger partial charge < -0.3 is 0 Å². The molecule has 0 fully saturated rings. The van der Waals surface area contributed by atoms with Crippen molar-refractivity contribution < 1.29 is 8.42 Å². The second-order valence-corrected chi connectivity index (χ2v) is 7.64. The van der Waals surface area contributed by atoms with Gasteiger partial charge in [0.2, 0.25) is 10.0 Å². The lowest BCUT2D eigenvalue weighted by Crippen LogP contribution is -2.30. The standard InChI is InChI=1S/C20H20N2O2S/c1-16-10-12-19(13-11-16)25(23,24)22-20(17-7-3-2-4-8-17)15-18-9-5-6-14-21-18/h2-14,20,22H,15H2,1H3. The van der Waals surface area contributed by atoms with Crippen LogP contribution in [0.2, 0.25) is 0 Å². The second-order valence-electron chi connectivity index (χ2n) is 5.92. The van der Waals surface area contributed by atoms with Crippen LogP contribution in [0.1, 0.15) is 22.9 Å². The van der Waals surface area contributed by atoms with E-state index in [-0.39, 0.29) is 10.9 Å². The number of hydrogen-bond donors (Lipinski definition) is 1. The number of aryl methyl sites for hydroxylation is 1. The molecule has 0 saturated carbocycles. The Labute approximate surface area is 148 Å². The first-order chi connectivity index (χ1) is 12.0. The van der Waals surface area contributed by atoms with E-state index in [2.05, 4.69) is 9.71 Å². The summed E-state index contributed by atoms with van der Waals surface area (Å²) in [7, 11) is -3.62. The van der Waals surface area contributed by atoms with Crippen molar-refractivity contribution in [1.82, 2.24) is 9.71 Å². The fourth-order valence-electron chi connectivity index (χ4n) is 2.61. The third-order valence-corrected chi connectivity index (χ3v) is 5.46. The summed E-state index contributed by atoms with van der Waals surface area (Å²) >= 11 is 0. The summed E-state index contributed by atoms with van der Waals surface area (Å²) in [5.74, 6) is 0. The van der Waals surface area contributed by atoms with E-state index in [9.17, 15) is 8.42 Å². The van der Waals surface area contributed by atoms with Crippen LogP contribution in [0.3, 0.4) is 0 Å².